The lowest BCUT2D eigenvalue weighted by molar-refractivity contribution is -0.155. The van der Waals surface area contributed by atoms with Crippen LogP contribution in [0.5, 0.6) is 0 Å². The van der Waals surface area contributed by atoms with E-state index < -0.39 is 22.1 Å². The van der Waals surface area contributed by atoms with E-state index in [0.29, 0.717) is 17.5 Å². The standard InChI is InChI=1S/C18H18O5S2/c19-16(20)15(24-11-13-7-3-1-4-8-13)18(23,17(21)22)25-12-14-9-5-2-6-10-14/h1-10,15,23H,11-12H2,(H,19,20)(H,21,22). The highest BCUT2D eigenvalue weighted by molar-refractivity contribution is 8.04. The van der Waals surface area contributed by atoms with E-state index in [9.17, 15) is 24.9 Å². The van der Waals surface area contributed by atoms with Gasteiger partial charge in [-0.3, -0.25) is 4.79 Å². The van der Waals surface area contributed by atoms with Gasteiger partial charge in [-0.15, -0.1) is 23.5 Å². The van der Waals surface area contributed by atoms with Crippen molar-refractivity contribution in [3.05, 3.63) is 71.8 Å². The Morgan fingerprint density at radius 1 is 0.880 bits per heavy atom. The molecule has 2 rings (SSSR count). The van der Waals surface area contributed by atoms with E-state index >= 15 is 0 Å². The topological polar surface area (TPSA) is 94.8 Å². The van der Waals surface area contributed by atoms with Gasteiger partial charge >= 0.3 is 11.9 Å². The Bertz CT molecular complexity index is 708. The Kier molecular flexibility index (Phi) is 6.92. The maximum atomic E-state index is 11.7. The van der Waals surface area contributed by atoms with Gasteiger partial charge < -0.3 is 15.3 Å². The minimum atomic E-state index is -2.43. The van der Waals surface area contributed by atoms with Gasteiger partial charge in [0, 0.05) is 11.5 Å². The van der Waals surface area contributed by atoms with Crippen molar-refractivity contribution >= 4 is 35.5 Å². The van der Waals surface area contributed by atoms with Crippen LogP contribution in [0.4, 0.5) is 0 Å². The van der Waals surface area contributed by atoms with Crippen LogP contribution in [-0.2, 0) is 21.1 Å². The number of rotatable bonds is 9. The molecule has 25 heavy (non-hydrogen) atoms. The summed E-state index contributed by atoms with van der Waals surface area (Å²) in [6.07, 6.45) is 0. The quantitative estimate of drug-likeness (QED) is 0.577. The Morgan fingerprint density at radius 2 is 1.36 bits per heavy atom. The zero-order valence-electron chi connectivity index (χ0n) is 13.2. The predicted molar refractivity (Wildman–Crippen MR) is 99.5 cm³/mol. The van der Waals surface area contributed by atoms with E-state index in [0.717, 1.165) is 22.9 Å². The molecule has 0 saturated heterocycles. The van der Waals surface area contributed by atoms with Gasteiger partial charge in [-0.1, -0.05) is 60.7 Å². The zero-order valence-corrected chi connectivity index (χ0v) is 14.9. The van der Waals surface area contributed by atoms with Gasteiger partial charge in [0.2, 0.25) is 4.93 Å². The average molecular weight is 378 g/mol. The first-order valence-corrected chi connectivity index (χ1v) is 9.49. The molecule has 2 aromatic rings. The Labute approximate surface area is 154 Å². The molecule has 0 amide bonds. The molecule has 0 saturated carbocycles. The summed E-state index contributed by atoms with van der Waals surface area (Å²) in [6.45, 7) is 0. The highest BCUT2D eigenvalue weighted by Crippen LogP contribution is 2.37. The lowest BCUT2D eigenvalue weighted by atomic mass is 10.2. The van der Waals surface area contributed by atoms with Crippen molar-refractivity contribution in [2.75, 3.05) is 0 Å². The fraction of sp³-hybridized carbons (Fsp3) is 0.222. The second-order valence-electron chi connectivity index (χ2n) is 5.29. The van der Waals surface area contributed by atoms with E-state index in [1.807, 2.05) is 36.4 Å². The van der Waals surface area contributed by atoms with Gasteiger partial charge in [-0.2, -0.15) is 0 Å². The van der Waals surface area contributed by atoms with Crippen LogP contribution in [0.3, 0.4) is 0 Å². The van der Waals surface area contributed by atoms with Gasteiger partial charge in [0.15, 0.2) is 5.25 Å². The molecule has 7 heteroatoms. The highest BCUT2D eigenvalue weighted by Gasteiger charge is 2.49. The van der Waals surface area contributed by atoms with Gasteiger partial charge in [0.05, 0.1) is 0 Å². The van der Waals surface area contributed by atoms with Crippen molar-refractivity contribution in [1.29, 1.82) is 0 Å². The first-order valence-electron chi connectivity index (χ1n) is 7.45. The normalized spacial score (nSPS) is 14.4. The van der Waals surface area contributed by atoms with Crippen LogP contribution >= 0.6 is 23.5 Å². The molecule has 2 aromatic carbocycles. The third kappa shape index (κ3) is 5.26. The van der Waals surface area contributed by atoms with E-state index in [1.165, 1.54) is 0 Å². The number of carboxylic acid groups (broad SMARTS) is 2. The molecule has 5 nitrogen and oxygen atoms in total. The summed E-state index contributed by atoms with van der Waals surface area (Å²) in [7, 11) is 0. The summed E-state index contributed by atoms with van der Waals surface area (Å²) in [5.41, 5.74) is 1.67. The zero-order chi connectivity index (χ0) is 18.3. The summed E-state index contributed by atoms with van der Waals surface area (Å²) < 4.78 is 0. The monoisotopic (exact) mass is 378 g/mol. The van der Waals surface area contributed by atoms with Gasteiger partial charge in [0.25, 0.3) is 0 Å². The third-order valence-corrected chi connectivity index (χ3v) is 6.30. The van der Waals surface area contributed by atoms with E-state index in [1.54, 1.807) is 24.3 Å². The Morgan fingerprint density at radius 3 is 1.80 bits per heavy atom. The highest BCUT2D eigenvalue weighted by atomic mass is 32.2. The number of thioether (sulfide) groups is 2. The first-order chi connectivity index (χ1) is 11.9. The number of carbonyl (C=O) groups is 2. The average Bonchev–Trinajstić information content (AvgIpc) is 2.61. The van der Waals surface area contributed by atoms with Crippen molar-refractivity contribution in [3.8, 4) is 0 Å². The van der Waals surface area contributed by atoms with Gasteiger partial charge in [0.1, 0.15) is 0 Å². The van der Waals surface area contributed by atoms with Crippen LogP contribution in [0.1, 0.15) is 11.1 Å². The summed E-state index contributed by atoms with van der Waals surface area (Å²) in [5, 5.41) is 28.1. The van der Waals surface area contributed by atoms with Crippen molar-refractivity contribution in [2.45, 2.75) is 21.7 Å². The summed E-state index contributed by atoms with van der Waals surface area (Å²) in [4.78, 5) is 20.8. The van der Waals surface area contributed by atoms with Crippen molar-refractivity contribution in [3.63, 3.8) is 0 Å². The predicted octanol–water partition coefficient (Wildman–Crippen LogP) is 3.08. The van der Waals surface area contributed by atoms with E-state index in [-0.39, 0.29) is 5.75 Å². The van der Waals surface area contributed by atoms with E-state index in [4.69, 9.17) is 0 Å². The summed E-state index contributed by atoms with van der Waals surface area (Å²) >= 11 is 1.61. The number of carboxylic acids is 2. The molecule has 0 fully saturated rings. The molecule has 0 aliphatic carbocycles. The molecule has 2 atom stereocenters. The van der Waals surface area contributed by atoms with E-state index in [2.05, 4.69) is 0 Å². The molecule has 0 heterocycles. The summed E-state index contributed by atoms with van der Waals surface area (Å²) in [5.74, 6) is -2.42. The van der Waals surface area contributed by atoms with Crippen LogP contribution in [0.2, 0.25) is 0 Å². The summed E-state index contributed by atoms with van der Waals surface area (Å²) in [6, 6.07) is 18.1. The minimum Gasteiger partial charge on any atom is -0.480 e. The smallest absolute Gasteiger partial charge is 0.348 e. The molecular weight excluding hydrogens is 360 g/mol. The first kappa shape index (κ1) is 19.4. The fourth-order valence-electron chi connectivity index (χ4n) is 2.12. The van der Waals surface area contributed by atoms with Gasteiger partial charge in [-0.05, 0) is 11.1 Å². The Balaban J connectivity index is 2.14. The molecule has 0 bridgehead atoms. The molecule has 2 unspecified atom stereocenters. The van der Waals surface area contributed by atoms with Crippen molar-refractivity contribution in [1.82, 2.24) is 0 Å². The van der Waals surface area contributed by atoms with Crippen LogP contribution in [0, 0.1) is 0 Å². The molecule has 0 aliphatic heterocycles. The van der Waals surface area contributed by atoms with Gasteiger partial charge in [-0.25, -0.2) is 4.79 Å². The fourth-order valence-corrected chi connectivity index (χ4v) is 4.51. The molecular formula is C18H18O5S2. The number of benzene rings is 2. The molecule has 3 N–H and O–H groups in total. The molecule has 132 valence electrons. The Hall–Kier alpha value is -1.96. The number of hydrogen-bond donors (Lipinski definition) is 3. The van der Waals surface area contributed by atoms with Crippen LogP contribution < -0.4 is 0 Å². The molecule has 0 radical (unpaired) electrons. The number of hydrogen-bond acceptors (Lipinski definition) is 5. The second kappa shape index (κ2) is 8.94. The van der Waals surface area contributed by atoms with Crippen molar-refractivity contribution < 1.29 is 24.9 Å². The van der Waals surface area contributed by atoms with Crippen molar-refractivity contribution in [2.24, 2.45) is 0 Å². The molecule has 0 spiro atoms. The molecule has 0 aliphatic rings. The second-order valence-corrected chi connectivity index (χ2v) is 7.58. The maximum absolute atomic E-state index is 11.7. The van der Waals surface area contributed by atoms with Crippen LogP contribution in [-0.4, -0.2) is 37.4 Å². The number of aliphatic carboxylic acids is 2. The largest absolute Gasteiger partial charge is 0.480 e. The van der Waals surface area contributed by atoms with Crippen LogP contribution in [0.25, 0.3) is 0 Å². The lowest BCUT2D eigenvalue weighted by Gasteiger charge is -2.28. The van der Waals surface area contributed by atoms with Crippen LogP contribution in [0.15, 0.2) is 60.7 Å². The minimum absolute atomic E-state index is 0.194. The molecule has 0 aromatic heterocycles. The lowest BCUT2D eigenvalue weighted by Crippen LogP contribution is -2.49. The third-order valence-electron chi connectivity index (χ3n) is 3.45. The number of aliphatic hydroxyl groups is 1. The SMILES string of the molecule is O=C(O)C(SCc1ccccc1)C(O)(SCc1ccccc1)C(=O)O. The maximum Gasteiger partial charge on any atom is 0.348 e.